The maximum Gasteiger partial charge on any atom is 0.248 e. The van der Waals surface area contributed by atoms with Crippen LogP contribution >= 0.6 is 11.3 Å². The van der Waals surface area contributed by atoms with Crippen LogP contribution in [-0.4, -0.2) is 24.7 Å². The Morgan fingerprint density at radius 3 is 3.00 bits per heavy atom. The molecule has 4 rings (SSSR count). The maximum absolute atomic E-state index is 9.71. The highest BCUT2D eigenvalue weighted by Gasteiger charge is 2.15. The number of hydrogen-bond acceptors (Lipinski definition) is 6. The van der Waals surface area contributed by atoms with E-state index in [0.29, 0.717) is 22.7 Å². The monoisotopic (exact) mass is 272 g/mol. The highest BCUT2D eigenvalue weighted by molar-refractivity contribution is 7.16. The number of fused-ring (bicyclic) bond motifs is 2. The second-order valence-electron chi connectivity index (χ2n) is 4.12. The number of phenolic OH excluding ortho intramolecular Hbond substituents is 1. The molecule has 7 heteroatoms. The molecule has 6 nitrogen and oxygen atoms in total. The van der Waals surface area contributed by atoms with Crippen LogP contribution < -0.4 is 0 Å². The molecule has 94 valence electrons. The van der Waals surface area contributed by atoms with Crippen LogP contribution in [0.15, 0.2) is 28.8 Å². The van der Waals surface area contributed by atoms with Gasteiger partial charge in [-0.3, -0.25) is 0 Å². The zero-order valence-corrected chi connectivity index (χ0v) is 10.7. The first-order valence-electron chi connectivity index (χ1n) is 5.62. The lowest BCUT2D eigenvalue weighted by Gasteiger charge is -1.87. The quantitative estimate of drug-likeness (QED) is 0.576. The third kappa shape index (κ3) is 1.52. The summed E-state index contributed by atoms with van der Waals surface area (Å²) in [7, 11) is 0. The molecule has 0 aliphatic heterocycles. The minimum atomic E-state index is 0.0995. The van der Waals surface area contributed by atoms with E-state index in [9.17, 15) is 5.11 Å². The number of phenols is 1. The summed E-state index contributed by atoms with van der Waals surface area (Å²) in [5, 5.41) is 14.9. The van der Waals surface area contributed by atoms with Gasteiger partial charge in [0.05, 0.1) is 6.20 Å². The van der Waals surface area contributed by atoms with E-state index in [1.807, 2.05) is 6.92 Å². The van der Waals surface area contributed by atoms with Gasteiger partial charge in [-0.15, -0.1) is 0 Å². The van der Waals surface area contributed by atoms with Gasteiger partial charge in [0, 0.05) is 0 Å². The summed E-state index contributed by atoms with van der Waals surface area (Å²) in [4.78, 5) is 9.46. The zero-order chi connectivity index (χ0) is 13.0. The number of para-hydroxylation sites is 1. The molecule has 0 bridgehead atoms. The van der Waals surface area contributed by atoms with E-state index in [4.69, 9.17) is 4.42 Å². The summed E-state index contributed by atoms with van der Waals surface area (Å²) in [5.74, 6) is 0.481. The molecule has 1 N–H and O–H groups in total. The second kappa shape index (κ2) is 3.55. The Balaban J connectivity index is 1.93. The molecule has 0 amide bonds. The van der Waals surface area contributed by atoms with Gasteiger partial charge in [0.15, 0.2) is 11.1 Å². The average Bonchev–Trinajstić information content (AvgIpc) is 3.00. The maximum atomic E-state index is 9.71. The molecule has 0 unspecified atom stereocenters. The van der Waals surface area contributed by atoms with Crippen LogP contribution in [-0.2, 0) is 0 Å². The lowest BCUT2D eigenvalue weighted by atomic mass is 10.3. The minimum absolute atomic E-state index is 0.0995. The topological polar surface area (TPSA) is 76.5 Å². The van der Waals surface area contributed by atoms with Crippen LogP contribution in [0.25, 0.3) is 27.6 Å². The lowest BCUT2D eigenvalue weighted by molar-refractivity contribution is 0.480. The second-order valence-corrected chi connectivity index (χ2v) is 5.28. The van der Waals surface area contributed by atoms with E-state index in [2.05, 4.69) is 15.1 Å². The van der Waals surface area contributed by atoms with Crippen LogP contribution in [0.4, 0.5) is 0 Å². The van der Waals surface area contributed by atoms with Crippen molar-refractivity contribution in [3.63, 3.8) is 0 Å². The van der Waals surface area contributed by atoms with Crippen molar-refractivity contribution in [3.8, 4) is 17.3 Å². The van der Waals surface area contributed by atoms with Crippen molar-refractivity contribution in [2.24, 2.45) is 0 Å². The van der Waals surface area contributed by atoms with E-state index in [1.54, 1.807) is 28.9 Å². The van der Waals surface area contributed by atoms with Gasteiger partial charge in [0.2, 0.25) is 10.9 Å². The van der Waals surface area contributed by atoms with E-state index >= 15 is 0 Å². The number of aromatic hydroxyl groups is 1. The molecule has 0 spiro atoms. The number of imidazole rings is 1. The molecule has 0 aliphatic carbocycles. The predicted molar refractivity (Wildman–Crippen MR) is 70.3 cm³/mol. The fraction of sp³-hybridized carbons (Fsp3) is 0.0833. The Hall–Kier alpha value is -2.41. The third-order valence-corrected chi connectivity index (χ3v) is 3.60. The van der Waals surface area contributed by atoms with Crippen LogP contribution in [0.3, 0.4) is 0 Å². The van der Waals surface area contributed by atoms with Gasteiger partial charge in [0.1, 0.15) is 16.5 Å². The molecule has 19 heavy (non-hydrogen) atoms. The van der Waals surface area contributed by atoms with Crippen molar-refractivity contribution in [1.82, 2.24) is 19.6 Å². The summed E-state index contributed by atoms with van der Waals surface area (Å²) in [6, 6.07) is 5.04. The SMILES string of the molecule is Cc1nn2cc(-c3nc4c(O)cccc4o3)nc2s1. The van der Waals surface area contributed by atoms with Gasteiger partial charge in [-0.25, -0.2) is 14.5 Å². The fourth-order valence-electron chi connectivity index (χ4n) is 1.95. The van der Waals surface area contributed by atoms with Crippen molar-refractivity contribution in [3.05, 3.63) is 29.4 Å². The van der Waals surface area contributed by atoms with Crippen LogP contribution in [0.1, 0.15) is 5.01 Å². The van der Waals surface area contributed by atoms with Gasteiger partial charge in [-0.05, 0) is 19.1 Å². The molecule has 0 radical (unpaired) electrons. The molecule has 3 aromatic heterocycles. The fourth-order valence-corrected chi connectivity index (χ4v) is 2.67. The Labute approximate surface area is 111 Å². The van der Waals surface area contributed by atoms with Crippen LogP contribution in [0, 0.1) is 6.92 Å². The van der Waals surface area contributed by atoms with Gasteiger partial charge in [-0.1, -0.05) is 17.4 Å². The number of benzene rings is 1. The third-order valence-electron chi connectivity index (χ3n) is 2.76. The van der Waals surface area contributed by atoms with E-state index in [0.717, 1.165) is 9.97 Å². The highest BCUT2D eigenvalue weighted by Crippen LogP contribution is 2.29. The first-order valence-corrected chi connectivity index (χ1v) is 6.44. The van der Waals surface area contributed by atoms with Crippen molar-refractivity contribution >= 4 is 27.4 Å². The molecule has 0 saturated carbocycles. The van der Waals surface area contributed by atoms with Crippen LogP contribution in [0.5, 0.6) is 5.75 Å². The number of aryl methyl sites for hydroxylation is 1. The van der Waals surface area contributed by atoms with E-state index in [-0.39, 0.29) is 5.75 Å². The minimum Gasteiger partial charge on any atom is -0.506 e. The van der Waals surface area contributed by atoms with Gasteiger partial charge in [0.25, 0.3) is 0 Å². The van der Waals surface area contributed by atoms with Crippen molar-refractivity contribution in [2.45, 2.75) is 6.92 Å². The summed E-state index contributed by atoms with van der Waals surface area (Å²) in [6.07, 6.45) is 1.76. The van der Waals surface area contributed by atoms with E-state index < -0.39 is 0 Å². The first kappa shape index (κ1) is 10.5. The molecule has 0 saturated heterocycles. The number of hydrogen-bond donors (Lipinski definition) is 1. The van der Waals surface area contributed by atoms with Gasteiger partial charge in [-0.2, -0.15) is 5.10 Å². The first-order chi connectivity index (χ1) is 9.20. The zero-order valence-electron chi connectivity index (χ0n) is 9.86. The Bertz CT molecular complexity index is 874. The summed E-state index contributed by atoms with van der Waals surface area (Å²) < 4.78 is 7.29. The summed E-state index contributed by atoms with van der Waals surface area (Å²) in [6.45, 7) is 1.93. The standard InChI is InChI=1S/C12H8N4O2S/c1-6-15-16-5-7(13-12(16)19-6)11-14-10-8(17)3-2-4-9(10)18-11/h2-5,17H,1H3. The molecule has 3 heterocycles. The molecular weight excluding hydrogens is 264 g/mol. The highest BCUT2D eigenvalue weighted by atomic mass is 32.1. The average molecular weight is 272 g/mol. The normalized spacial score (nSPS) is 11.6. The van der Waals surface area contributed by atoms with Gasteiger partial charge < -0.3 is 9.52 Å². The molecule has 0 atom stereocenters. The van der Waals surface area contributed by atoms with Gasteiger partial charge >= 0.3 is 0 Å². The largest absolute Gasteiger partial charge is 0.506 e. The molecule has 0 aliphatic rings. The molecule has 4 aromatic rings. The number of aromatic nitrogens is 4. The summed E-state index contributed by atoms with van der Waals surface area (Å²) in [5.41, 5.74) is 1.59. The Kier molecular flexibility index (Phi) is 1.96. The Morgan fingerprint density at radius 1 is 1.32 bits per heavy atom. The number of oxazole rings is 1. The number of rotatable bonds is 1. The molecular formula is C12H8N4O2S. The van der Waals surface area contributed by atoms with E-state index in [1.165, 1.54) is 11.3 Å². The Morgan fingerprint density at radius 2 is 2.21 bits per heavy atom. The van der Waals surface area contributed by atoms with Crippen molar-refractivity contribution in [2.75, 3.05) is 0 Å². The lowest BCUT2D eigenvalue weighted by Crippen LogP contribution is -1.80. The van der Waals surface area contributed by atoms with Crippen molar-refractivity contribution in [1.29, 1.82) is 0 Å². The molecule has 0 fully saturated rings. The number of nitrogens with zero attached hydrogens (tertiary/aromatic N) is 4. The molecule has 1 aromatic carbocycles. The summed E-state index contributed by atoms with van der Waals surface area (Å²) >= 11 is 1.50. The van der Waals surface area contributed by atoms with Crippen molar-refractivity contribution < 1.29 is 9.52 Å². The predicted octanol–water partition coefficient (Wildman–Crippen LogP) is 2.61. The smallest absolute Gasteiger partial charge is 0.248 e. The van der Waals surface area contributed by atoms with Crippen LogP contribution in [0.2, 0.25) is 0 Å².